The van der Waals surface area contributed by atoms with E-state index in [2.05, 4.69) is 26.8 Å². The fraction of sp³-hybridized carbons (Fsp3) is 0.902. The topological polar surface area (TPSA) is 25.8 Å². The first-order valence-corrected chi connectivity index (χ1v) is 20.2. The predicted molar refractivity (Wildman–Crippen MR) is 193 cm³/mol. The summed E-state index contributed by atoms with van der Waals surface area (Å²) in [6.07, 6.45) is 47.2. The Balaban J connectivity index is 2.04. The molecule has 1 aromatic rings. The van der Waals surface area contributed by atoms with Crippen LogP contribution in [0.5, 0.6) is 0 Å². The Morgan fingerprint density at radius 1 is 0.302 bits per heavy atom. The van der Waals surface area contributed by atoms with Crippen LogP contribution in [-0.2, 0) is 19.3 Å². The minimum Gasteiger partial charge on any atom is -0.238 e. The Morgan fingerprint density at radius 2 is 0.558 bits per heavy atom. The minimum atomic E-state index is 1.03. The number of unbranched alkanes of at least 4 members (excludes halogenated alkanes) is 28. The van der Waals surface area contributed by atoms with Crippen molar-refractivity contribution in [3.8, 4) is 0 Å². The van der Waals surface area contributed by atoms with Crippen molar-refractivity contribution in [3.63, 3.8) is 0 Å². The average Bonchev–Trinajstić information content (AvgIpc) is 3.01. The van der Waals surface area contributed by atoms with Gasteiger partial charge in [0.05, 0.1) is 0 Å². The highest BCUT2D eigenvalue weighted by molar-refractivity contribution is 5.12. The van der Waals surface area contributed by atoms with E-state index >= 15 is 0 Å². The molecule has 0 unspecified atom stereocenters. The van der Waals surface area contributed by atoms with Crippen molar-refractivity contribution in [2.45, 2.75) is 239 Å². The van der Waals surface area contributed by atoms with Crippen LogP contribution in [0, 0.1) is 0 Å². The molecule has 1 heterocycles. The van der Waals surface area contributed by atoms with Crippen molar-refractivity contribution in [2.75, 3.05) is 0 Å². The van der Waals surface area contributed by atoms with Gasteiger partial charge in [0.2, 0.25) is 0 Å². The fourth-order valence-electron chi connectivity index (χ4n) is 6.56. The van der Waals surface area contributed by atoms with Crippen molar-refractivity contribution in [3.05, 3.63) is 23.3 Å². The molecule has 0 saturated carbocycles. The molecule has 0 N–H and O–H groups in total. The van der Waals surface area contributed by atoms with Crippen LogP contribution in [-0.4, -0.2) is 9.97 Å². The van der Waals surface area contributed by atoms with E-state index in [9.17, 15) is 0 Å². The number of rotatable bonds is 34. The largest absolute Gasteiger partial charge is 0.238 e. The summed E-state index contributed by atoms with van der Waals surface area (Å²) < 4.78 is 0. The van der Waals surface area contributed by atoms with Crippen LogP contribution in [0.25, 0.3) is 0 Å². The quantitative estimate of drug-likeness (QED) is 0.0737. The van der Waals surface area contributed by atoms with Gasteiger partial charge in [-0.2, -0.15) is 0 Å². The highest BCUT2D eigenvalue weighted by Gasteiger charge is 2.06. The van der Waals surface area contributed by atoms with Gasteiger partial charge in [0.15, 0.2) is 0 Å². The molecule has 1 rings (SSSR count). The molecule has 0 spiro atoms. The standard InChI is InChI=1S/C41H78N2/c1-4-7-9-11-13-15-17-19-21-23-25-27-29-31-33-36-39-38-40(43-41(42-39)35-6-3)37-34-32-30-28-26-24-22-20-18-16-14-12-10-8-5-2/h38H,4-37H2,1-3H3. The number of hydrogen-bond donors (Lipinski definition) is 0. The van der Waals surface area contributed by atoms with Crippen LogP contribution in [0.3, 0.4) is 0 Å². The number of aromatic nitrogens is 2. The predicted octanol–water partition coefficient (Wildman–Crippen LogP) is 14.3. The van der Waals surface area contributed by atoms with Gasteiger partial charge in [0, 0.05) is 17.8 Å². The lowest BCUT2D eigenvalue weighted by Gasteiger charge is -2.09. The van der Waals surface area contributed by atoms with Crippen molar-refractivity contribution >= 4 is 0 Å². The van der Waals surface area contributed by atoms with E-state index in [1.54, 1.807) is 0 Å². The van der Waals surface area contributed by atoms with Gasteiger partial charge in [-0.3, -0.25) is 0 Å². The molecule has 0 saturated heterocycles. The van der Waals surface area contributed by atoms with Crippen molar-refractivity contribution in [1.29, 1.82) is 0 Å². The van der Waals surface area contributed by atoms with Crippen LogP contribution < -0.4 is 0 Å². The second-order valence-corrected chi connectivity index (χ2v) is 13.9. The molecule has 2 nitrogen and oxygen atoms in total. The molecule has 0 amide bonds. The van der Waals surface area contributed by atoms with Gasteiger partial charge in [-0.15, -0.1) is 0 Å². The normalized spacial score (nSPS) is 11.5. The molecule has 0 aliphatic rings. The van der Waals surface area contributed by atoms with Gasteiger partial charge >= 0.3 is 0 Å². The zero-order valence-electron chi connectivity index (χ0n) is 30.0. The smallest absolute Gasteiger partial charge is 0.128 e. The first kappa shape index (κ1) is 40.1. The maximum Gasteiger partial charge on any atom is 0.128 e. The Hall–Kier alpha value is -0.920. The van der Waals surface area contributed by atoms with E-state index < -0.39 is 0 Å². The van der Waals surface area contributed by atoms with Gasteiger partial charge in [0.25, 0.3) is 0 Å². The Bertz CT molecular complexity index is 632. The van der Waals surface area contributed by atoms with Crippen LogP contribution >= 0.6 is 0 Å². The van der Waals surface area contributed by atoms with Crippen molar-refractivity contribution < 1.29 is 0 Å². The molecule has 0 aliphatic carbocycles. The molecular weight excluding hydrogens is 520 g/mol. The second-order valence-electron chi connectivity index (χ2n) is 13.9. The summed E-state index contributed by atoms with van der Waals surface area (Å²) >= 11 is 0. The molecular formula is C41H78N2. The molecule has 0 atom stereocenters. The third-order valence-electron chi connectivity index (χ3n) is 9.43. The number of hydrogen-bond acceptors (Lipinski definition) is 2. The third kappa shape index (κ3) is 27.1. The lowest BCUT2D eigenvalue weighted by Crippen LogP contribution is -2.04. The average molecular weight is 599 g/mol. The van der Waals surface area contributed by atoms with Crippen LogP contribution in [0.4, 0.5) is 0 Å². The van der Waals surface area contributed by atoms with Gasteiger partial charge in [-0.05, 0) is 38.2 Å². The third-order valence-corrected chi connectivity index (χ3v) is 9.43. The summed E-state index contributed by atoms with van der Waals surface area (Å²) in [5.41, 5.74) is 2.62. The summed E-state index contributed by atoms with van der Waals surface area (Å²) in [4.78, 5) is 9.87. The molecule has 0 aliphatic heterocycles. The monoisotopic (exact) mass is 599 g/mol. The fourth-order valence-corrected chi connectivity index (χ4v) is 6.56. The van der Waals surface area contributed by atoms with Crippen LogP contribution in [0.1, 0.15) is 237 Å². The van der Waals surface area contributed by atoms with E-state index in [4.69, 9.17) is 9.97 Å². The number of aryl methyl sites for hydroxylation is 3. The molecule has 0 fully saturated rings. The molecule has 0 aromatic carbocycles. The van der Waals surface area contributed by atoms with Crippen LogP contribution in [0.2, 0.25) is 0 Å². The van der Waals surface area contributed by atoms with E-state index in [0.29, 0.717) is 0 Å². The van der Waals surface area contributed by atoms with Gasteiger partial charge in [-0.25, -0.2) is 9.97 Å². The molecule has 0 radical (unpaired) electrons. The van der Waals surface area contributed by atoms with E-state index in [0.717, 1.165) is 31.5 Å². The highest BCUT2D eigenvalue weighted by atomic mass is 14.9. The summed E-state index contributed by atoms with van der Waals surface area (Å²) in [5.74, 6) is 1.09. The van der Waals surface area contributed by atoms with E-state index in [-0.39, 0.29) is 0 Å². The summed E-state index contributed by atoms with van der Waals surface area (Å²) in [6, 6.07) is 2.34. The zero-order valence-corrected chi connectivity index (χ0v) is 30.0. The van der Waals surface area contributed by atoms with Crippen LogP contribution in [0.15, 0.2) is 6.07 Å². The maximum absolute atomic E-state index is 4.94. The van der Waals surface area contributed by atoms with Gasteiger partial charge in [0.1, 0.15) is 5.82 Å². The van der Waals surface area contributed by atoms with Crippen molar-refractivity contribution in [2.24, 2.45) is 0 Å². The molecule has 43 heavy (non-hydrogen) atoms. The Kier molecular flexibility index (Phi) is 30.3. The summed E-state index contributed by atoms with van der Waals surface area (Å²) in [7, 11) is 0. The van der Waals surface area contributed by atoms with Gasteiger partial charge in [-0.1, -0.05) is 201 Å². The number of nitrogens with zero attached hydrogens (tertiary/aromatic N) is 2. The zero-order chi connectivity index (χ0) is 30.9. The van der Waals surface area contributed by atoms with Crippen molar-refractivity contribution in [1.82, 2.24) is 9.97 Å². The lowest BCUT2D eigenvalue weighted by molar-refractivity contribution is 0.531. The van der Waals surface area contributed by atoms with E-state index in [1.807, 2.05) is 0 Å². The molecule has 0 bridgehead atoms. The van der Waals surface area contributed by atoms with E-state index in [1.165, 1.54) is 204 Å². The second kappa shape index (κ2) is 32.5. The lowest BCUT2D eigenvalue weighted by atomic mass is 10.0. The first-order valence-electron chi connectivity index (χ1n) is 20.2. The Morgan fingerprint density at radius 3 is 0.814 bits per heavy atom. The first-order chi connectivity index (χ1) is 21.3. The summed E-state index contributed by atoms with van der Waals surface area (Å²) in [5, 5.41) is 0. The Labute approximate surface area is 271 Å². The molecule has 2 heteroatoms. The van der Waals surface area contributed by atoms with Gasteiger partial charge < -0.3 is 0 Å². The molecule has 252 valence electrons. The SMILES string of the molecule is CCCCCCCCCCCCCCCCCc1cc(CCCCCCCCCCCCCCCCC)nc(CCC)n1. The minimum absolute atomic E-state index is 1.03. The molecule has 1 aromatic heterocycles. The summed E-state index contributed by atoms with van der Waals surface area (Å²) in [6.45, 7) is 6.86. The maximum atomic E-state index is 4.94. The highest BCUT2D eigenvalue weighted by Crippen LogP contribution is 2.17.